The van der Waals surface area contributed by atoms with Gasteiger partial charge < -0.3 is 24.6 Å². The molecule has 2 N–H and O–H groups in total. The van der Waals surface area contributed by atoms with Crippen LogP contribution in [0.4, 0.5) is 4.39 Å². The molecular weight excluding hydrogens is 385 g/mol. The predicted molar refractivity (Wildman–Crippen MR) is 111 cm³/mol. The number of hydrogen-bond acceptors (Lipinski definition) is 4. The number of aromatic nitrogens is 1. The highest BCUT2D eigenvalue weighted by Crippen LogP contribution is 2.48. The number of benzene rings is 2. The summed E-state index contributed by atoms with van der Waals surface area (Å²) in [5, 5.41) is 11.4. The first kappa shape index (κ1) is 19.1. The minimum absolute atomic E-state index is 0.199. The average molecular weight is 409 g/mol. The van der Waals surface area contributed by atoms with E-state index in [1.54, 1.807) is 12.0 Å². The number of carbonyl (C=O) groups excluding carboxylic acids is 1. The molecule has 0 bridgehead atoms. The molecule has 30 heavy (non-hydrogen) atoms. The molecule has 0 aliphatic carbocycles. The number of rotatable bonds is 3. The molecule has 1 spiro atoms. The van der Waals surface area contributed by atoms with E-state index in [1.165, 1.54) is 29.8 Å². The van der Waals surface area contributed by atoms with Crippen molar-refractivity contribution in [1.82, 2.24) is 14.8 Å². The van der Waals surface area contributed by atoms with Crippen LogP contribution in [0.5, 0.6) is 5.75 Å². The smallest absolute Gasteiger partial charge is 0.254 e. The fraction of sp³-hybridized carbons (Fsp3) is 0.348. The Bertz CT molecular complexity index is 1120. The van der Waals surface area contributed by atoms with Gasteiger partial charge in [0.15, 0.2) is 0 Å². The van der Waals surface area contributed by atoms with Crippen molar-refractivity contribution in [3.05, 3.63) is 65.1 Å². The van der Waals surface area contributed by atoms with Crippen molar-refractivity contribution in [2.45, 2.75) is 11.5 Å². The maximum atomic E-state index is 13.4. The molecule has 5 rings (SSSR count). The zero-order valence-electron chi connectivity index (χ0n) is 17.0. The monoisotopic (exact) mass is 409 g/mol. The molecule has 0 saturated carbocycles. The number of ether oxygens (including phenoxy) is 1. The summed E-state index contributed by atoms with van der Waals surface area (Å²) >= 11 is 0. The molecule has 2 aliphatic rings. The summed E-state index contributed by atoms with van der Waals surface area (Å²) in [7, 11) is 3.69. The van der Waals surface area contributed by atoms with Gasteiger partial charge in [0.25, 0.3) is 5.91 Å². The van der Waals surface area contributed by atoms with Crippen LogP contribution in [-0.4, -0.2) is 66.2 Å². The third-order valence-corrected chi connectivity index (χ3v) is 6.42. The number of aliphatic hydroxyl groups excluding tert-OH is 1. The highest BCUT2D eigenvalue weighted by atomic mass is 19.1. The normalized spacial score (nSPS) is 20.3. The van der Waals surface area contributed by atoms with Gasteiger partial charge in [-0.25, -0.2) is 4.39 Å². The van der Waals surface area contributed by atoms with Gasteiger partial charge in [0.2, 0.25) is 0 Å². The number of halogens is 1. The van der Waals surface area contributed by atoms with Gasteiger partial charge in [-0.15, -0.1) is 0 Å². The lowest BCUT2D eigenvalue weighted by Gasteiger charge is -2.55. The van der Waals surface area contributed by atoms with E-state index in [0.717, 1.165) is 35.4 Å². The van der Waals surface area contributed by atoms with Crippen molar-refractivity contribution in [2.75, 3.05) is 40.4 Å². The van der Waals surface area contributed by atoms with Crippen molar-refractivity contribution in [1.29, 1.82) is 0 Å². The largest absolute Gasteiger partial charge is 0.497 e. The van der Waals surface area contributed by atoms with Crippen LogP contribution >= 0.6 is 0 Å². The van der Waals surface area contributed by atoms with Crippen LogP contribution in [0.1, 0.15) is 27.7 Å². The molecule has 3 aromatic rings. The fourth-order valence-corrected chi connectivity index (χ4v) is 5.22. The minimum Gasteiger partial charge on any atom is -0.497 e. The van der Waals surface area contributed by atoms with Crippen LogP contribution in [0.15, 0.2) is 42.5 Å². The summed E-state index contributed by atoms with van der Waals surface area (Å²) in [6.07, 6.45) is 0. The molecule has 1 saturated heterocycles. The summed E-state index contributed by atoms with van der Waals surface area (Å²) < 4.78 is 18.7. The van der Waals surface area contributed by atoms with Gasteiger partial charge in [-0.2, -0.15) is 0 Å². The number of hydrogen-bond donors (Lipinski definition) is 2. The van der Waals surface area contributed by atoms with Gasteiger partial charge in [0, 0.05) is 53.3 Å². The Morgan fingerprint density at radius 1 is 1.23 bits per heavy atom. The van der Waals surface area contributed by atoms with E-state index in [0.29, 0.717) is 12.1 Å². The maximum absolute atomic E-state index is 13.4. The molecule has 2 aliphatic heterocycles. The zero-order valence-corrected chi connectivity index (χ0v) is 17.0. The Balaban J connectivity index is 1.65. The second-order valence-electron chi connectivity index (χ2n) is 8.42. The summed E-state index contributed by atoms with van der Waals surface area (Å²) in [6.45, 7) is 1.95. The number of nitrogens with one attached hydrogen (secondary N) is 1. The van der Waals surface area contributed by atoms with Gasteiger partial charge in [-0.1, -0.05) is 0 Å². The first-order valence-corrected chi connectivity index (χ1v) is 10.0. The Morgan fingerprint density at radius 3 is 2.60 bits per heavy atom. The minimum atomic E-state index is -0.493. The standard InChI is InChI=1S/C23H24FN3O3/c1-26-11-23(12-26)13-27(22(29)14-3-5-15(24)6-4-14)19(10-28)21-20(23)17-8-7-16(30-2)9-18(17)25-21/h3-9,19,25,28H,10-13H2,1-2H3/t19-/m0/s1. The van der Waals surface area contributed by atoms with E-state index >= 15 is 0 Å². The predicted octanol–water partition coefficient (Wildman–Crippen LogP) is 2.69. The van der Waals surface area contributed by atoms with Crippen molar-refractivity contribution < 1.29 is 19.0 Å². The van der Waals surface area contributed by atoms with Crippen LogP contribution in [0.25, 0.3) is 10.9 Å². The Hall–Kier alpha value is -2.90. The van der Waals surface area contributed by atoms with Crippen molar-refractivity contribution in [2.24, 2.45) is 0 Å². The van der Waals surface area contributed by atoms with E-state index in [2.05, 4.69) is 23.0 Å². The van der Waals surface area contributed by atoms with Crippen molar-refractivity contribution in [3.63, 3.8) is 0 Å². The molecule has 0 unspecified atom stereocenters. The van der Waals surface area contributed by atoms with Crippen molar-refractivity contribution >= 4 is 16.8 Å². The lowest BCUT2D eigenvalue weighted by Crippen LogP contribution is -2.65. The number of nitrogens with zero attached hydrogens (tertiary/aromatic N) is 2. The second kappa shape index (κ2) is 6.82. The average Bonchev–Trinajstić information content (AvgIpc) is 3.11. The quantitative estimate of drug-likeness (QED) is 0.698. The van der Waals surface area contributed by atoms with Gasteiger partial charge in [-0.3, -0.25) is 4.79 Å². The summed E-state index contributed by atoms with van der Waals surface area (Å²) in [4.78, 5) is 20.8. The molecule has 0 radical (unpaired) electrons. The number of likely N-dealkylation sites (N-methyl/N-ethyl adjacent to an activating group) is 1. The van der Waals surface area contributed by atoms with Crippen LogP contribution in [0.3, 0.4) is 0 Å². The number of aromatic amines is 1. The van der Waals surface area contributed by atoms with Crippen LogP contribution in [-0.2, 0) is 5.41 Å². The number of aliphatic hydroxyl groups is 1. The summed E-state index contributed by atoms with van der Waals surface area (Å²) in [5.74, 6) is 0.165. The van der Waals surface area contributed by atoms with Crippen molar-refractivity contribution in [3.8, 4) is 5.75 Å². The number of likely N-dealkylation sites (tertiary alicyclic amines) is 1. The maximum Gasteiger partial charge on any atom is 0.254 e. The molecule has 1 aromatic heterocycles. The van der Waals surface area contributed by atoms with Gasteiger partial charge in [0.05, 0.1) is 19.8 Å². The number of H-pyrrole nitrogens is 1. The molecule has 1 atom stereocenters. The van der Waals surface area contributed by atoms with E-state index in [-0.39, 0.29) is 23.7 Å². The van der Waals surface area contributed by atoms with E-state index < -0.39 is 6.04 Å². The van der Waals surface area contributed by atoms with Crippen LogP contribution in [0, 0.1) is 5.82 Å². The molecular formula is C23H24FN3O3. The molecule has 156 valence electrons. The zero-order chi connectivity index (χ0) is 21.0. The lowest BCUT2D eigenvalue weighted by molar-refractivity contribution is 0.00963. The topological polar surface area (TPSA) is 68.8 Å². The fourth-order valence-electron chi connectivity index (χ4n) is 5.22. The van der Waals surface area contributed by atoms with Gasteiger partial charge >= 0.3 is 0 Å². The third kappa shape index (κ3) is 2.73. The van der Waals surface area contributed by atoms with E-state index in [1.807, 2.05) is 12.1 Å². The van der Waals surface area contributed by atoms with E-state index in [9.17, 15) is 14.3 Å². The summed E-state index contributed by atoms with van der Waals surface area (Å²) in [6, 6.07) is 11.0. The molecule has 1 fully saturated rings. The first-order chi connectivity index (χ1) is 14.5. The number of fused-ring (bicyclic) bond motifs is 4. The number of methoxy groups -OCH3 is 1. The highest BCUT2D eigenvalue weighted by Gasteiger charge is 2.52. The molecule has 2 aromatic carbocycles. The Kier molecular flexibility index (Phi) is 4.34. The molecule has 6 nitrogen and oxygen atoms in total. The van der Waals surface area contributed by atoms with E-state index in [4.69, 9.17) is 4.74 Å². The lowest BCUT2D eigenvalue weighted by atomic mass is 9.69. The number of amides is 1. The third-order valence-electron chi connectivity index (χ3n) is 6.42. The highest BCUT2D eigenvalue weighted by molar-refractivity contribution is 5.96. The van der Waals surface area contributed by atoms with Crippen LogP contribution < -0.4 is 4.74 Å². The molecule has 3 heterocycles. The van der Waals surface area contributed by atoms with Gasteiger partial charge in [0.1, 0.15) is 11.6 Å². The molecule has 7 heteroatoms. The van der Waals surface area contributed by atoms with Gasteiger partial charge in [-0.05, 0) is 49.0 Å². The summed E-state index contributed by atoms with van der Waals surface area (Å²) in [5.41, 5.74) is 3.19. The molecule has 1 amide bonds. The SMILES string of the molecule is COc1ccc2c3c([nH]c2c1)[C@H](CO)N(C(=O)c1ccc(F)cc1)CC31CN(C)C1. The van der Waals surface area contributed by atoms with Crippen LogP contribution in [0.2, 0.25) is 0 Å². The Morgan fingerprint density at radius 2 is 1.97 bits per heavy atom. The Labute approximate surface area is 173 Å². The first-order valence-electron chi connectivity index (χ1n) is 10.0. The second-order valence-corrected chi connectivity index (χ2v) is 8.42. The number of carbonyl (C=O) groups is 1.